The van der Waals surface area contributed by atoms with Crippen LogP contribution in [0.3, 0.4) is 0 Å². The van der Waals surface area contributed by atoms with Crippen LogP contribution in [0.1, 0.15) is 5.69 Å². The fourth-order valence-corrected chi connectivity index (χ4v) is 4.78. The minimum Gasteiger partial charge on any atom is -0.606 e. The van der Waals surface area contributed by atoms with Crippen LogP contribution >= 0.6 is 39.1 Å². The molecule has 0 aliphatic carbocycles. The van der Waals surface area contributed by atoms with Crippen molar-refractivity contribution in [3.05, 3.63) is 68.7 Å². The zero-order valence-corrected chi connectivity index (χ0v) is 16.6. The van der Waals surface area contributed by atoms with E-state index in [1.807, 2.05) is 0 Å². The van der Waals surface area contributed by atoms with Crippen molar-refractivity contribution in [3.8, 4) is 11.3 Å². The minimum atomic E-state index is -4.64. The summed E-state index contributed by atoms with van der Waals surface area (Å²) in [5.74, 6) is 0. The number of hydrogen-bond donors (Lipinski definition) is 1. The van der Waals surface area contributed by atoms with Crippen LogP contribution in [0.25, 0.3) is 11.3 Å². The van der Waals surface area contributed by atoms with Crippen molar-refractivity contribution in [2.45, 2.75) is 16.0 Å². The summed E-state index contributed by atoms with van der Waals surface area (Å²) in [7, 11) is 0. The van der Waals surface area contributed by atoms with Gasteiger partial charge in [0.25, 0.3) is 0 Å². The van der Waals surface area contributed by atoms with E-state index < -0.39 is 23.0 Å². The van der Waals surface area contributed by atoms with Crippen molar-refractivity contribution in [2.24, 2.45) is 0 Å². The second-order valence-corrected chi connectivity index (χ2v) is 8.33. The van der Waals surface area contributed by atoms with Crippen LogP contribution in [-0.4, -0.2) is 9.54 Å². The molecule has 0 saturated heterocycles. The van der Waals surface area contributed by atoms with E-state index >= 15 is 0 Å². The number of halogens is 6. The average molecular weight is 483 g/mol. The fourth-order valence-electron chi connectivity index (χ4n) is 2.33. The lowest BCUT2D eigenvalue weighted by Crippen LogP contribution is -2.07. The van der Waals surface area contributed by atoms with Crippen LogP contribution in [0, 0.1) is 0 Å². The Morgan fingerprint density at radius 2 is 1.42 bits per heavy atom. The van der Waals surface area contributed by atoms with Gasteiger partial charge >= 0.3 is 6.18 Å². The largest absolute Gasteiger partial charge is 0.606 e. The molecule has 3 rings (SSSR count). The highest BCUT2D eigenvalue weighted by Gasteiger charge is 2.41. The van der Waals surface area contributed by atoms with Crippen molar-refractivity contribution in [1.29, 1.82) is 0 Å². The zero-order chi connectivity index (χ0) is 19.1. The van der Waals surface area contributed by atoms with Gasteiger partial charge < -0.3 is 9.54 Å². The first-order valence-electron chi connectivity index (χ1n) is 7.10. The molecule has 0 spiro atoms. The van der Waals surface area contributed by atoms with Crippen molar-refractivity contribution in [3.63, 3.8) is 0 Å². The molecule has 0 amide bonds. The molecular weight excluding hydrogens is 474 g/mol. The Balaban J connectivity index is 2.20. The number of nitrogens with one attached hydrogen (secondary N) is 1. The zero-order valence-electron chi connectivity index (χ0n) is 12.7. The van der Waals surface area contributed by atoms with Crippen molar-refractivity contribution in [1.82, 2.24) is 4.98 Å². The molecule has 0 aliphatic rings. The lowest BCUT2D eigenvalue weighted by atomic mass is 10.2. The summed E-state index contributed by atoms with van der Waals surface area (Å²) in [4.78, 5) is 2.69. The maximum Gasteiger partial charge on any atom is 0.432 e. The van der Waals surface area contributed by atoms with Gasteiger partial charge in [-0.15, -0.1) is 0 Å². The van der Waals surface area contributed by atoms with E-state index in [-0.39, 0.29) is 15.1 Å². The molecule has 1 aromatic heterocycles. The summed E-state index contributed by atoms with van der Waals surface area (Å²) in [5.41, 5.74) is -0.461. The number of H-pyrrole nitrogens is 1. The first-order valence-corrected chi connectivity index (χ1v) is 9.80. The normalized spacial score (nSPS) is 13.0. The van der Waals surface area contributed by atoms with Crippen LogP contribution in [0.15, 0.2) is 62.8 Å². The topological polar surface area (TPSA) is 38.8 Å². The summed E-state index contributed by atoms with van der Waals surface area (Å²) < 4.78 is 52.7. The molecule has 3 aromatic rings. The Bertz CT molecular complexity index is 927. The molecule has 0 aliphatic heterocycles. The standard InChI is InChI=1S/C17H9BrCl2F3NOS/c18-13-15(26(25)12-7-5-11(20)6-8-12)14(24-16(13)17(21,22)23)9-1-3-10(19)4-2-9/h1-8,24H. The second-order valence-electron chi connectivity index (χ2n) is 5.25. The van der Waals surface area contributed by atoms with Gasteiger partial charge in [0.15, 0.2) is 9.79 Å². The van der Waals surface area contributed by atoms with Gasteiger partial charge in [-0.05, 0) is 52.3 Å². The summed E-state index contributed by atoms with van der Waals surface area (Å²) >= 11 is 12.8. The Morgan fingerprint density at radius 1 is 0.923 bits per heavy atom. The minimum absolute atomic E-state index is 0.00182. The van der Waals surface area contributed by atoms with Gasteiger partial charge in [0.1, 0.15) is 15.9 Å². The first kappa shape index (κ1) is 19.6. The number of aromatic amines is 1. The molecule has 2 nitrogen and oxygen atoms in total. The van der Waals surface area contributed by atoms with E-state index in [2.05, 4.69) is 20.9 Å². The smallest absolute Gasteiger partial charge is 0.432 e. The molecule has 1 N–H and O–H groups in total. The Kier molecular flexibility index (Phi) is 5.65. The third-order valence-corrected chi connectivity index (χ3v) is 6.56. The maximum atomic E-state index is 13.3. The molecule has 1 heterocycles. The maximum absolute atomic E-state index is 13.3. The van der Waals surface area contributed by atoms with E-state index in [0.717, 1.165) is 0 Å². The molecule has 26 heavy (non-hydrogen) atoms. The monoisotopic (exact) mass is 481 g/mol. The Morgan fingerprint density at radius 3 is 1.92 bits per heavy atom. The number of aromatic nitrogens is 1. The van der Waals surface area contributed by atoms with Crippen LogP contribution < -0.4 is 0 Å². The predicted molar refractivity (Wildman–Crippen MR) is 100 cm³/mol. The molecule has 0 bridgehead atoms. The van der Waals surface area contributed by atoms with Gasteiger partial charge in [-0.3, -0.25) is 0 Å². The third kappa shape index (κ3) is 3.92. The van der Waals surface area contributed by atoms with Crippen molar-refractivity contribution < 1.29 is 17.7 Å². The van der Waals surface area contributed by atoms with E-state index in [9.17, 15) is 17.7 Å². The van der Waals surface area contributed by atoms with E-state index in [1.165, 1.54) is 24.3 Å². The van der Waals surface area contributed by atoms with Crippen LogP contribution in [0.4, 0.5) is 13.2 Å². The van der Waals surface area contributed by atoms with Gasteiger partial charge in [0.2, 0.25) is 0 Å². The van der Waals surface area contributed by atoms with Gasteiger partial charge in [-0.25, -0.2) is 0 Å². The summed E-state index contributed by atoms with van der Waals surface area (Å²) in [6, 6.07) is 12.3. The van der Waals surface area contributed by atoms with Crippen molar-refractivity contribution >= 4 is 50.3 Å². The summed E-state index contributed by atoms with van der Waals surface area (Å²) in [5, 5.41) is 0.878. The predicted octanol–water partition coefficient (Wildman–Crippen LogP) is 6.94. The number of alkyl halides is 3. The molecule has 9 heteroatoms. The number of hydrogen-bond acceptors (Lipinski definition) is 1. The molecule has 1 unspecified atom stereocenters. The number of benzene rings is 2. The molecule has 0 saturated carbocycles. The van der Waals surface area contributed by atoms with Crippen molar-refractivity contribution in [2.75, 3.05) is 0 Å². The summed E-state index contributed by atoms with van der Waals surface area (Å²) in [6.07, 6.45) is -4.64. The van der Waals surface area contributed by atoms with Gasteiger partial charge in [0, 0.05) is 26.8 Å². The van der Waals surface area contributed by atoms with Gasteiger partial charge in [0.05, 0.1) is 0 Å². The molecule has 0 radical (unpaired) electrons. The highest BCUT2D eigenvalue weighted by Crippen LogP contribution is 2.44. The van der Waals surface area contributed by atoms with Gasteiger partial charge in [-0.1, -0.05) is 35.3 Å². The van der Waals surface area contributed by atoms with Crippen LogP contribution in [0.5, 0.6) is 0 Å². The molecule has 1 atom stereocenters. The molecule has 136 valence electrons. The molecule has 0 fully saturated rings. The van der Waals surface area contributed by atoms with Crippen LogP contribution in [0.2, 0.25) is 10.0 Å². The molecular formula is C17H9BrCl2F3NOS. The van der Waals surface area contributed by atoms with E-state index in [1.54, 1.807) is 24.3 Å². The van der Waals surface area contributed by atoms with Crippen LogP contribution in [-0.2, 0) is 17.4 Å². The fraction of sp³-hybridized carbons (Fsp3) is 0.0588. The molecule has 2 aromatic carbocycles. The average Bonchev–Trinajstić information content (AvgIpc) is 2.93. The highest BCUT2D eigenvalue weighted by molar-refractivity contribution is 9.10. The Labute approximate surface area is 168 Å². The van der Waals surface area contributed by atoms with Gasteiger partial charge in [-0.2, -0.15) is 13.2 Å². The SMILES string of the molecule is [O-][S+](c1ccc(Cl)cc1)c1c(-c2ccc(Cl)cc2)[nH]c(C(F)(F)F)c1Br. The third-order valence-electron chi connectivity index (χ3n) is 3.53. The summed E-state index contributed by atoms with van der Waals surface area (Å²) in [6.45, 7) is 0. The first-order chi connectivity index (χ1) is 12.2. The highest BCUT2D eigenvalue weighted by atomic mass is 79.9. The van der Waals surface area contributed by atoms with E-state index in [0.29, 0.717) is 20.5 Å². The lowest BCUT2D eigenvalue weighted by Gasteiger charge is -2.12. The number of rotatable bonds is 3. The van der Waals surface area contributed by atoms with E-state index in [4.69, 9.17) is 23.2 Å². The lowest BCUT2D eigenvalue weighted by molar-refractivity contribution is -0.141. The quantitative estimate of drug-likeness (QED) is 0.403. The second kappa shape index (κ2) is 7.48. The Hall–Kier alpha value is -1.12.